The number of amides is 1. The number of rotatable bonds is 7. The molecule has 114 valence electrons. The third-order valence-electron chi connectivity index (χ3n) is 2.93. The lowest BCUT2D eigenvalue weighted by Crippen LogP contribution is -2.37. The van der Waals surface area contributed by atoms with Crippen LogP contribution < -0.4 is 5.32 Å². The lowest BCUT2D eigenvalue weighted by atomic mass is 10.1. The summed E-state index contributed by atoms with van der Waals surface area (Å²) < 4.78 is 4.67. The van der Waals surface area contributed by atoms with Crippen LogP contribution in [0.15, 0.2) is 18.2 Å². The second kappa shape index (κ2) is 7.34. The van der Waals surface area contributed by atoms with Crippen molar-refractivity contribution in [3.63, 3.8) is 0 Å². The van der Waals surface area contributed by atoms with Gasteiger partial charge in [0.15, 0.2) is 6.10 Å². The Morgan fingerprint density at radius 2 is 2.14 bits per heavy atom. The summed E-state index contributed by atoms with van der Waals surface area (Å²) in [5.41, 5.74) is 0.489. The third-order valence-corrected chi connectivity index (χ3v) is 2.93. The number of nitrogens with one attached hydrogen (secondary N) is 1. The van der Waals surface area contributed by atoms with Crippen LogP contribution in [0.1, 0.15) is 22.8 Å². The zero-order valence-electron chi connectivity index (χ0n) is 11.7. The van der Waals surface area contributed by atoms with Crippen molar-refractivity contribution in [1.29, 1.82) is 0 Å². The van der Waals surface area contributed by atoms with Gasteiger partial charge in [-0.05, 0) is 12.5 Å². The molecule has 0 saturated carbocycles. The standard InChI is InChI=1S/C13H16N2O6/c1-3-8-4-5-9(6-10(8)15(19)20)12(16)14-7-11(21-2)13(17)18/h4-6,11H,3,7H2,1-2H3,(H,14,16)(H,17,18). The smallest absolute Gasteiger partial charge is 0.334 e. The molecule has 2 N–H and O–H groups in total. The lowest BCUT2D eigenvalue weighted by Gasteiger charge is -2.11. The Balaban J connectivity index is 2.86. The highest BCUT2D eigenvalue weighted by molar-refractivity contribution is 5.95. The second-order valence-corrected chi connectivity index (χ2v) is 4.23. The molecule has 0 fully saturated rings. The second-order valence-electron chi connectivity index (χ2n) is 4.23. The summed E-state index contributed by atoms with van der Waals surface area (Å²) in [5.74, 6) is -1.80. The molecule has 1 unspecified atom stereocenters. The van der Waals surface area contributed by atoms with Crippen LogP contribution in [0, 0.1) is 10.1 Å². The molecule has 1 atom stereocenters. The molecule has 0 aliphatic rings. The van der Waals surface area contributed by atoms with Crippen molar-refractivity contribution in [2.75, 3.05) is 13.7 Å². The molecule has 0 radical (unpaired) electrons. The van der Waals surface area contributed by atoms with E-state index in [9.17, 15) is 19.7 Å². The monoisotopic (exact) mass is 296 g/mol. The van der Waals surface area contributed by atoms with E-state index < -0.39 is 22.9 Å². The summed E-state index contributed by atoms with van der Waals surface area (Å²) in [5, 5.41) is 22.1. The molecule has 8 heteroatoms. The van der Waals surface area contributed by atoms with E-state index in [4.69, 9.17) is 5.11 Å². The molecule has 21 heavy (non-hydrogen) atoms. The molecule has 0 heterocycles. The Kier molecular flexibility index (Phi) is 5.79. The first-order valence-corrected chi connectivity index (χ1v) is 6.21. The van der Waals surface area contributed by atoms with Crippen molar-refractivity contribution in [1.82, 2.24) is 5.32 Å². The summed E-state index contributed by atoms with van der Waals surface area (Å²) in [7, 11) is 1.21. The lowest BCUT2D eigenvalue weighted by molar-refractivity contribution is -0.385. The predicted octanol–water partition coefficient (Wildman–Crippen LogP) is 0.987. The van der Waals surface area contributed by atoms with E-state index in [-0.39, 0.29) is 17.8 Å². The van der Waals surface area contributed by atoms with Crippen LogP contribution in [0.5, 0.6) is 0 Å². The van der Waals surface area contributed by atoms with E-state index in [1.54, 1.807) is 6.92 Å². The Bertz CT molecular complexity index is 558. The predicted molar refractivity (Wildman–Crippen MR) is 73.2 cm³/mol. The molecule has 1 amide bonds. The number of carbonyl (C=O) groups excluding carboxylic acids is 1. The Morgan fingerprint density at radius 3 is 2.62 bits per heavy atom. The average molecular weight is 296 g/mol. The molecule has 1 aromatic carbocycles. The highest BCUT2D eigenvalue weighted by atomic mass is 16.6. The molecule has 1 aromatic rings. The van der Waals surface area contributed by atoms with Crippen LogP contribution >= 0.6 is 0 Å². The highest BCUT2D eigenvalue weighted by Crippen LogP contribution is 2.20. The molecular formula is C13H16N2O6. The van der Waals surface area contributed by atoms with Gasteiger partial charge in [0, 0.05) is 24.3 Å². The number of nitro groups is 1. The van der Waals surface area contributed by atoms with Gasteiger partial charge in [0.05, 0.1) is 11.5 Å². The number of carbonyl (C=O) groups is 2. The number of aryl methyl sites for hydroxylation is 1. The van der Waals surface area contributed by atoms with E-state index in [2.05, 4.69) is 10.1 Å². The number of nitrogens with zero attached hydrogens (tertiary/aromatic N) is 1. The molecule has 0 spiro atoms. The number of hydrogen-bond acceptors (Lipinski definition) is 5. The van der Waals surface area contributed by atoms with Gasteiger partial charge in [-0.15, -0.1) is 0 Å². The number of nitro benzene ring substituents is 1. The molecule has 0 aromatic heterocycles. The molecule has 0 saturated heterocycles. The van der Waals surface area contributed by atoms with Crippen LogP contribution in [0.2, 0.25) is 0 Å². The van der Waals surface area contributed by atoms with E-state index in [0.29, 0.717) is 12.0 Å². The molecule has 0 aliphatic heterocycles. The summed E-state index contributed by atoms with van der Waals surface area (Å²) >= 11 is 0. The van der Waals surface area contributed by atoms with Crippen LogP contribution in [0.25, 0.3) is 0 Å². The van der Waals surface area contributed by atoms with Crippen LogP contribution in [-0.2, 0) is 16.0 Å². The normalized spacial score (nSPS) is 11.7. The van der Waals surface area contributed by atoms with Crippen LogP contribution in [0.3, 0.4) is 0 Å². The number of benzene rings is 1. The molecular weight excluding hydrogens is 280 g/mol. The van der Waals surface area contributed by atoms with Crippen LogP contribution in [0.4, 0.5) is 5.69 Å². The van der Waals surface area contributed by atoms with Crippen molar-refractivity contribution >= 4 is 17.6 Å². The van der Waals surface area contributed by atoms with Gasteiger partial charge in [0.1, 0.15) is 0 Å². The van der Waals surface area contributed by atoms with E-state index in [1.807, 2.05) is 0 Å². The Hall–Kier alpha value is -2.48. The van der Waals surface area contributed by atoms with Gasteiger partial charge in [-0.3, -0.25) is 14.9 Å². The number of carboxylic acids is 1. The van der Waals surface area contributed by atoms with Crippen molar-refractivity contribution in [3.8, 4) is 0 Å². The summed E-state index contributed by atoms with van der Waals surface area (Å²) in [4.78, 5) is 33.0. The SMILES string of the molecule is CCc1ccc(C(=O)NCC(OC)C(=O)O)cc1[N+](=O)[O-]. The van der Waals surface area contributed by atoms with Crippen molar-refractivity contribution < 1.29 is 24.4 Å². The van der Waals surface area contributed by atoms with Gasteiger partial charge >= 0.3 is 5.97 Å². The van der Waals surface area contributed by atoms with Gasteiger partial charge in [-0.2, -0.15) is 0 Å². The maximum atomic E-state index is 11.9. The minimum atomic E-state index is -1.20. The van der Waals surface area contributed by atoms with Crippen molar-refractivity contribution in [3.05, 3.63) is 39.4 Å². The largest absolute Gasteiger partial charge is 0.479 e. The Morgan fingerprint density at radius 1 is 1.48 bits per heavy atom. The quantitative estimate of drug-likeness (QED) is 0.572. The minimum absolute atomic E-state index is 0.0964. The zero-order valence-corrected chi connectivity index (χ0v) is 11.7. The summed E-state index contributed by atoms with van der Waals surface area (Å²) in [6.45, 7) is 1.55. The van der Waals surface area contributed by atoms with Crippen molar-refractivity contribution in [2.24, 2.45) is 0 Å². The molecule has 0 bridgehead atoms. The van der Waals surface area contributed by atoms with E-state index in [1.165, 1.54) is 25.3 Å². The van der Waals surface area contributed by atoms with E-state index in [0.717, 1.165) is 0 Å². The Labute approximate surface area is 120 Å². The zero-order chi connectivity index (χ0) is 16.0. The van der Waals surface area contributed by atoms with E-state index >= 15 is 0 Å². The molecule has 1 rings (SSSR count). The van der Waals surface area contributed by atoms with Gasteiger partial charge in [0.25, 0.3) is 11.6 Å². The average Bonchev–Trinajstić information content (AvgIpc) is 2.46. The summed E-state index contributed by atoms with van der Waals surface area (Å²) in [6, 6.07) is 4.15. The van der Waals surface area contributed by atoms with Gasteiger partial charge in [-0.1, -0.05) is 13.0 Å². The fourth-order valence-electron chi connectivity index (χ4n) is 1.73. The van der Waals surface area contributed by atoms with Crippen LogP contribution in [-0.4, -0.2) is 41.7 Å². The van der Waals surface area contributed by atoms with Crippen molar-refractivity contribution in [2.45, 2.75) is 19.4 Å². The number of methoxy groups -OCH3 is 1. The van der Waals surface area contributed by atoms with Gasteiger partial charge in [-0.25, -0.2) is 4.79 Å². The fourth-order valence-corrected chi connectivity index (χ4v) is 1.73. The maximum absolute atomic E-state index is 11.9. The number of aliphatic carboxylic acids is 1. The minimum Gasteiger partial charge on any atom is -0.479 e. The number of ether oxygens (including phenoxy) is 1. The molecule has 8 nitrogen and oxygen atoms in total. The number of hydrogen-bond donors (Lipinski definition) is 2. The summed E-state index contributed by atoms with van der Waals surface area (Å²) in [6.07, 6.45) is -0.693. The molecule has 0 aliphatic carbocycles. The highest BCUT2D eigenvalue weighted by Gasteiger charge is 2.20. The van der Waals surface area contributed by atoms with Gasteiger partial charge in [0.2, 0.25) is 0 Å². The number of carboxylic acid groups (broad SMARTS) is 1. The van der Waals surface area contributed by atoms with Gasteiger partial charge < -0.3 is 15.2 Å². The fraction of sp³-hybridized carbons (Fsp3) is 0.385. The maximum Gasteiger partial charge on any atom is 0.334 e. The first-order valence-electron chi connectivity index (χ1n) is 6.21. The first-order chi connectivity index (χ1) is 9.90. The third kappa shape index (κ3) is 4.25. The topological polar surface area (TPSA) is 119 Å². The first kappa shape index (κ1) is 16.6.